The van der Waals surface area contributed by atoms with Crippen LogP contribution < -0.4 is 5.32 Å². The molecule has 0 atom stereocenters. The van der Waals surface area contributed by atoms with Gasteiger partial charge in [0.25, 0.3) is 0 Å². The Kier molecular flexibility index (Phi) is 3.94. The van der Waals surface area contributed by atoms with E-state index in [-0.39, 0.29) is 5.69 Å². The Hall–Kier alpha value is -1.76. The highest BCUT2D eigenvalue weighted by atomic mass is 16.6. The first-order valence-electron chi connectivity index (χ1n) is 6.41. The van der Waals surface area contributed by atoms with Crippen LogP contribution >= 0.6 is 0 Å². The average Bonchev–Trinajstić information content (AvgIpc) is 2.41. The topological polar surface area (TPSA) is 101 Å². The summed E-state index contributed by atoms with van der Waals surface area (Å²) < 4.78 is 0. The average molecular weight is 266 g/mol. The lowest BCUT2D eigenvalue weighted by Gasteiger charge is -2.34. The number of aromatic nitrogens is 2. The van der Waals surface area contributed by atoms with Crippen LogP contribution in [0.3, 0.4) is 0 Å². The zero-order valence-electron chi connectivity index (χ0n) is 10.9. The number of anilines is 1. The molecule has 1 aromatic heterocycles. The molecule has 104 valence electrons. The van der Waals surface area contributed by atoms with Crippen molar-refractivity contribution in [3.63, 3.8) is 0 Å². The van der Waals surface area contributed by atoms with Gasteiger partial charge in [-0.3, -0.25) is 10.1 Å². The maximum absolute atomic E-state index is 10.5. The molecule has 19 heavy (non-hydrogen) atoms. The van der Waals surface area contributed by atoms with Crippen LogP contribution in [0.25, 0.3) is 0 Å². The van der Waals surface area contributed by atoms with Gasteiger partial charge in [-0.15, -0.1) is 0 Å². The van der Waals surface area contributed by atoms with Gasteiger partial charge in [0.1, 0.15) is 12.4 Å². The van der Waals surface area contributed by atoms with Gasteiger partial charge in [-0.25, -0.2) is 9.97 Å². The summed E-state index contributed by atoms with van der Waals surface area (Å²) in [7, 11) is 0. The van der Waals surface area contributed by atoms with E-state index in [0.717, 1.165) is 38.1 Å². The fraction of sp³-hybridized carbons (Fsp3) is 0.667. The lowest BCUT2D eigenvalue weighted by molar-refractivity contribution is -0.385. The van der Waals surface area contributed by atoms with E-state index in [1.54, 1.807) is 0 Å². The molecule has 7 nitrogen and oxygen atoms in total. The van der Waals surface area contributed by atoms with Crippen LogP contribution in [-0.2, 0) is 0 Å². The van der Waals surface area contributed by atoms with Gasteiger partial charge in [0, 0.05) is 6.54 Å². The molecule has 2 N–H and O–H groups in total. The number of nitro groups is 1. The van der Waals surface area contributed by atoms with E-state index < -0.39 is 10.5 Å². The molecular formula is C12H18N4O3. The Bertz CT molecular complexity index is 441. The van der Waals surface area contributed by atoms with E-state index >= 15 is 0 Å². The van der Waals surface area contributed by atoms with Gasteiger partial charge in [0.15, 0.2) is 0 Å². The first-order valence-corrected chi connectivity index (χ1v) is 6.41. The van der Waals surface area contributed by atoms with Gasteiger partial charge in [0.05, 0.1) is 10.5 Å². The van der Waals surface area contributed by atoms with Crippen molar-refractivity contribution in [1.82, 2.24) is 9.97 Å². The van der Waals surface area contributed by atoms with Crippen molar-refractivity contribution in [2.75, 3.05) is 11.9 Å². The van der Waals surface area contributed by atoms with Crippen LogP contribution in [0.15, 0.2) is 12.4 Å². The first-order chi connectivity index (χ1) is 8.98. The summed E-state index contributed by atoms with van der Waals surface area (Å²) in [5.74, 6) is 0.966. The van der Waals surface area contributed by atoms with Crippen molar-refractivity contribution in [2.24, 2.45) is 5.92 Å². The van der Waals surface area contributed by atoms with Gasteiger partial charge in [0.2, 0.25) is 5.95 Å². The Morgan fingerprint density at radius 1 is 1.47 bits per heavy atom. The summed E-state index contributed by atoms with van der Waals surface area (Å²) in [6.45, 7) is 2.56. The number of nitrogens with one attached hydrogen (secondary N) is 1. The summed E-state index contributed by atoms with van der Waals surface area (Å²) in [5.41, 5.74) is -0.867. The summed E-state index contributed by atoms with van der Waals surface area (Å²) in [6.07, 6.45) is 5.85. The standard InChI is InChI=1S/C12H18N4O3/c1-9-2-4-12(17,5-3-9)8-15-11-13-6-10(7-14-11)16(18)19/h6-7,9,17H,2-5,8H2,1H3,(H,13,14,15). The number of rotatable bonds is 4. The van der Waals surface area contributed by atoms with Crippen molar-refractivity contribution in [3.8, 4) is 0 Å². The van der Waals surface area contributed by atoms with Crippen molar-refractivity contribution < 1.29 is 10.0 Å². The molecule has 0 aliphatic heterocycles. The lowest BCUT2D eigenvalue weighted by Crippen LogP contribution is -2.40. The zero-order chi connectivity index (χ0) is 13.9. The van der Waals surface area contributed by atoms with Crippen LogP contribution in [0.5, 0.6) is 0 Å². The SMILES string of the molecule is CC1CCC(O)(CNc2ncc([N+](=O)[O-])cn2)CC1. The highest BCUT2D eigenvalue weighted by Gasteiger charge is 2.31. The molecule has 1 heterocycles. The second-order valence-electron chi connectivity index (χ2n) is 5.28. The monoisotopic (exact) mass is 266 g/mol. The molecule has 1 saturated carbocycles. The molecule has 7 heteroatoms. The Morgan fingerprint density at radius 2 is 2.05 bits per heavy atom. The molecule has 1 fully saturated rings. The molecule has 0 unspecified atom stereocenters. The van der Waals surface area contributed by atoms with E-state index in [9.17, 15) is 15.2 Å². The van der Waals surface area contributed by atoms with E-state index in [1.165, 1.54) is 0 Å². The summed E-state index contributed by atoms with van der Waals surface area (Å²) in [5, 5.41) is 23.8. The molecular weight excluding hydrogens is 248 g/mol. The second kappa shape index (κ2) is 5.48. The maximum atomic E-state index is 10.5. The van der Waals surface area contributed by atoms with Crippen molar-refractivity contribution >= 4 is 11.6 Å². The van der Waals surface area contributed by atoms with Gasteiger partial charge >= 0.3 is 5.69 Å². The molecule has 0 aromatic carbocycles. The summed E-state index contributed by atoms with van der Waals surface area (Å²) in [6, 6.07) is 0. The third-order valence-corrected chi connectivity index (χ3v) is 3.63. The van der Waals surface area contributed by atoms with Crippen LogP contribution in [0, 0.1) is 16.0 Å². The molecule has 0 spiro atoms. The van der Waals surface area contributed by atoms with Crippen LogP contribution in [-0.4, -0.2) is 32.1 Å². The maximum Gasteiger partial charge on any atom is 0.305 e. The van der Waals surface area contributed by atoms with E-state index in [2.05, 4.69) is 22.2 Å². The van der Waals surface area contributed by atoms with Crippen molar-refractivity contribution in [1.29, 1.82) is 0 Å². The fourth-order valence-electron chi connectivity index (χ4n) is 2.23. The molecule has 1 aromatic rings. The minimum Gasteiger partial charge on any atom is -0.388 e. The van der Waals surface area contributed by atoms with Crippen LogP contribution in [0.4, 0.5) is 11.6 Å². The number of aliphatic hydroxyl groups is 1. The summed E-state index contributed by atoms with van der Waals surface area (Å²) >= 11 is 0. The molecule has 0 amide bonds. The number of hydrogen-bond acceptors (Lipinski definition) is 6. The normalized spacial score (nSPS) is 26.9. The Balaban J connectivity index is 1.89. The minimum atomic E-state index is -0.725. The number of nitrogens with zero attached hydrogens (tertiary/aromatic N) is 3. The predicted molar refractivity (Wildman–Crippen MR) is 69.8 cm³/mol. The molecule has 1 aliphatic carbocycles. The van der Waals surface area contributed by atoms with Crippen LogP contribution in [0.1, 0.15) is 32.6 Å². The van der Waals surface area contributed by atoms with Crippen molar-refractivity contribution in [2.45, 2.75) is 38.2 Å². The molecule has 0 radical (unpaired) electrons. The quantitative estimate of drug-likeness (QED) is 0.635. The van der Waals surface area contributed by atoms with Gasteiger partial charge in [-0.05, 0) is 31.6 Å². The molecule has 1 aliphatic rings. The highest BCUT2D eigenvalue weighted by Crippen LogP contribution is 2.31. The Morgan fingerprint density at radius 3 is 2.58 bits per heavy atom. The molecule has 0 saturated heterocycles. The summed E-state index contributed by atoms with van der Waals surface area (Å²) in [4.78, 5) is 17.6. The smallest absolute Gasteiger partial charge is 0.305 e. The van der Waals surface area contributed by atoms with Gasteiger partial charge < -0.3 is 10.4 Å². The minimum absolute atomic E-state index is 0.143. The Labute approximate surface area is 111 Å². The lowest BCUT2D eigenvalue weighted by atomic mass is 9.79. The third-order valence-electron chi connectivity index (χ3n) is 3.63. The third kappa shape index (κ3) is 3.60. The van der Waals surface area contributed by atoms with Gasteiger partial charge in [-0.1, -0.05) is 6.92 Å². The van der Waals surface area contributed by atoms with Crippen LogP contribution in [0.2, 0.25) is 0 Å². The number of hydrogen-bond donors (Lipinski definition) is 2. The van der Waals surface area contributed by atoms with E-state index in [0.29, 0.717) is 18.4 Å². The fourth-order valence-corrected chi connectivity index (χ4v) is 2.23. The molecule has 0 bridgehead atoms. The van der Waals surface area contributed by atoms with Gasteiger partial charge in [-0.2, -0.15) is 0 Å². The second-order valence-corrected chi connectivity index (χ2v) is 5.28. The highest BCUT2D eigenvalue weighted by molar-refractivity contribution is 5.31. The van der Waals surface area contributed by atoms with Crippen molar-refractivity contribution in [3.05, 3.63) is 22.5 Å². The first kappa shape index (κ1) is 13.7. The predicted octanol–water partition coefficient (Wildman–Crippen LogP) is 1.74. The molecule has 2 rings (SSSR count). The van der Waals surface area contributed by atoms with E-state index in [1.807, 2.05) is 0 Å². The zero-order valence-corrected chi connectivity index (χ0v) is 10.9. The van der Waals surface area contributed by atoms with E-state index in [4.69, 9.17) is 0 Å². The largest absolute Gasteiger partial charge is 0.388 e.